The molecule has 53 valence electrons. The molecule has 2 unspecified atom stereocenters. The number of hydrogen-bond acceptors (Lipinski definition) is 0. The van der Waals surface area contributed by atoms with Crippen LogP contribution in [0, 0.1) is 0 Å². The number of hydrogen-bond donors (Lipinski definition) is 0. The van der Waals surface area contributed by atoms with Crippen molar-refractivity contribution in [3.8, 4) is 0 Å². The zero-order chi connectivity index (χ0) is 6.91. The average Bonchev–Trinajstić information content (AvgIpc) is 1.77. The number of halogens is 2. The van der Waals surface area contributed by atoms with Gasteiger partial charge in [0.15, 0.2) is 0 Å². The van der Waals surface area contributed by atoms with E-state index >= 15 is 0 Å². The summed E-state index contributed by atoms with van der Waals surface area (Å²) in [6.07, 6.45) is 0.117. The highest BCUT2D eigenvalue weighted by atomic mass is 19.2. The first kappa shape index (κ1) is 6.93. The van der Waals surface area contributed by atoms with Crippen LogP contribution in [0.3, 0.4) is 0 Å². The Kier molecular flexibility index (Phi) is 1.70. The molecule has 0 aromatic heterocycles. The third kappa shape index (κ3) is 1.39. The molecule has 1 nitrogen and oxygen atoms in total. The lowest BCUT2D eigenvalue weighted by atomic mass is 9.92. The molecule has 2 atom stereocenters. The molecule has 0 aromatic rings. The molecule has 1 rings (SSSR count). The summed E-state index contributed by atoms with van der Waals surface area (Å²) < 4.78 is 25.0. The van der Waals surface area contributed by atoms with Gasteiger partial charge in [0.25, 0.3) is 0 Å². The fourth-order valence-electron chi connectivity index (χ4n) is 1.09. The summed E-state index contributed by atoms with van der Waals surface area (Å²) in [7, 11) is 0. The Balaban J connectivity index is 2.49. The summed E-state index contributed by atoms with van der Waals surface area (Å²) in [5, 5.41) is 0. The molecular weight excluding hydrogens is 124 g/mol. The Morgan fingerprint density at radius 3 is 2.44 bits per heavy atom. The minimum atomic E-state index is -2.28. The highest BCUT2D eigenvalue weighted by Crippen LogP contribution is 2.30. The Morgan fingerprint density at radius 1 is 1.44 bits per heavy atom. The Hall–Kier alpha value is -0.180. The van der Waals surface area contributed by atoms with Crippen LogP contribution < -0.4 is 5.73 Å². The molecule has 0 saturated heterocycles. The Labute approximate surface area is 53.2 Å². The van der Waals surface area contributed by atoms with Gasteiger partial charge in [0.05, 0.1) is 0 Å². The lowest BCUT2D eigenvalue weighted by Crippen LogP contribution is -2.39. The molecule has 1 aliphatic rings. The van der Waals surface area contributed by atoms with Crippen molar-refractivity contribution < 1.29 is 8.78 Å². The van der Waals surface area contributed by atoms with E-state index < -0.39 is 12.0 Å². The fraction of sp³-hybridized carbons (Fsp3) is 1.00. The van der Waals surface area contributed by atoms with Gasteiger partial charge in [-0.25, -0.2) is 14.5 Å². The van der Waals surface area contributed by atoms with E-state index in [0.717, 1.165) is 6.42 Å². The predicted molar refractivity (Wildman–Crippen MR) is 30.3 cm³/mol. The van der Waals surface area contributed by atoms with Crippen molar-refractivity contribution in [2.75, 3.05) is 0 Å². The van der Waals surface area contributed by atoms with Gasteiger partial charge in [0.1, 0.15) is 6.17 Å². The molecule has 0 amide bonds. The first-order valence-electron chi connectivity index (χ1n) is 3.21. The molecule has 1 saturated carbocycles. The van der Waals surface area contributed by atoms with E-state index in [4.69, 9.17) is 5.73 Å². The van der Waals surface area contributed by atoms with Crippen molar-refractivity contribution in [1.82, 2.24) is 5.73 Å². The van der Waals surface area contributed by atoms with Crippen LogP contribution in [0.1, 0.15) is 25.7 Å². The second-order valence-electron chi connectivity index (χ2n) is 2.58. The smallest absolute Gasteiger partial charge is 0.205 e. The minimum Gasteiger partial charge on any atom is -0.242 e. The maximum absolute atomic E-state index is 12.6. The Morgan fingerprint density at radius 2 is 2.11 bits per heavy atom. The predicted octanol–water partition coefficient (Wildman–Crippen LogP) is 1.85. The van der Waals surface area contributed by atoms with Crippen LogP contribution in [-0.2, 0) is 0 Å². The van der Waals surface area contributed by atoms with Crippen LogP contribution in [0.2, 0.25) is 0 Å². The van der Waals surface area contributed by atoms with E-state index in [-0.39, 0.29) is 12.8 Å². The van der Waals surface area contributed by atoms with Gasteiger partial charge in [-0.05, 0) is 19.3 Å². The highest BCUT2D eigenvalue weighted by Gasteiger charge is 2.38. The molecule has 1 N–H and O–H groups in total. The standard InChI is InChI=1S/C6H10F2N/c7-5-3-1-2-4-6(5,8)9/h5,9H,1-4H2. The normalized spacial score (nSPS) is 45.0. The zero-order valence-corrected chi connectivity index (χ0v) is 5.16. The van der Waals surface area contributed by atoms with Crippen molar-refractivity contribution in [2.24, 2.45) is 0 Å². The van der Waals surface area contributed by atoms with Crippen molar-refractivity contribution >= 4 is 0 Å². The lowest BCUT2D eigenvalue weighted by molar-refractivity contribution is 0.0113. The second-order valence-corrected chi connectivity index (χ2v) is 2.58. The molecule has 0 bridgehead atoms. The molecule has 0 aliphatic heterocycles. The van der Waals surface area contributed by atoms with E-state index in [1.807, 2.05) is 0 Å². The van der Waals surface area contributed by atoms with Crippen LogP contribution in [0.4, 0.5) is 8.78 Å². The van der Waals surface area contributed by atoms with E-state index in [2.05, 4.69) is 0 Å². The molecule has 0 aromatic carbocycles. The number of rotatable bonds is 0. The molecular formula is C6H10F2N. The molecule has 9 heavy (non-hydrogen) atoms. The molecule has 1 radical (unpaired) electrons. The van der Waals surface area contributed by atoms with Gasteiger partial charge in [-0.15, -0.1) is 0 Å². The van der Waals surface area contributed by atoms with Gasteiger partial charge in [0, 0.05) is 0 Å². The summed E-state index contributed by atoms with van der Waals surface area (Å²) >= 11 is 0. The maximum atomic E-state index is 12.6. The van der Waals surface area contributed by atoms with Gasteiger partial charge < -0.3 is 0 Å². The monoisotopic (exact) mass is 134 g/mol. The maximum Gasteiger partial charge on any atom is 0.205 e. The van der Waals surface area contributed by atoms with Crippen LogP contribution >= 0.6 is 0 Å². The summed E-state index contributed by atoms with van der Waals surface area (Å²) in [6, 6.07) is 0. The molecule has 0 heterocycles. The van der Waals surface area contributed by atoms with Crippen LogP contribution in [0.5, 0.6) is 0 Å². The third-order valence-corrected chi connectivity index (χ3v) is 1.74. The van der Waals surface area contributed by atoms with Crippen molar-refractivity contribution in [2.45, 2.75) is 37.6 Å². The first-order valence-corrected chi connectivity index (χ1v) is 3.21. The molecule has 1 fully saturated rings. The third-order valence-electron chi connectivity index (χ3n) is 1.74. The zero-order valence-electron chi connectivity index (χ0n) is 5.16. The van der Waals surface area contributed by atoms with Crippen LogP contribution in [-0.4, -0.2) is 12.0 Å². The van der Waals surface area contributed by atoms with Gasteiger partial charge in [-0.2, -0.15) is 0 Å². The summed E-state index contributed by atoms with van der Waals surface area (Å²) in [5.74, 6) is -2.28. The van der Waals surface area contributed by atoms with Crippen molar-refractivity contribution in [1.29, 1.82) is 0 Å². The molecule has 1 aliphatic carbocycles. The molecule has 0 spiro atoms. The molecule has 3 heteroatoms. The van der Waals surface area contributed by atoms with Gasteiger partial charge in [0.2, 0.25) is 5.79 Å². The van der Waals surface area contributed by atoms with E-state index in [1.54, 1.807) is 0 Å². The number of alkyl halides is 2. The fourth-order valence-corrected chi connectivity index (χ4v) is 1.09. The topological polar surface area (TPSA) is 23.8 Å². The summed E-state index contributed by atoms with van der Waals surface area (Å²) in [6.45, 7) is 0. The van der Waals surface area contributed by atoms with Crippen molar-refractivity contribution in [3.63, 3.8) is 0 Å². The largest absolute Gasteiger partial charge is 0.242 e. The lowest BCUT2D eigenvalue weighted by Gasteiger charge is -2.27. The van der Waals surface area contributed by atoms with E-state index in [9.17, 15) is 8.78 Å². The van der Waals surface area contributed by atoms with E-state index in [1.165, 1.54) is 0 Å². The minimum absolute atomic E-state index is 0.0637. The van der Waals surface area contributed by atoms with Crippen LogP contribution in [0.15, 0.2) is 0 Å². The number of nitrogens with one attached hydrogen (secondary N) is 1. The van der Waals surface area contributed by atoms with Gasteiger partial charge in [-0.1, -0.05) is 6.42 Å². The van der Waals surface area contributed by atoms with Gasteiger partial charge in [-0.3, -0.25) is 0 Å². The summed E-state index contributed by atoms with van der Waals surface area (Å²) in [4.78, 5) is 0. The Bertz CT molecular complexity index is 103. The SMILES string of the molecule is [NH]C1(F)CCCCC1F. The second kappa shape index (κ2) is 2.21. The van der Waals surface area contributed by atoms with Gasteiger partial charge >= 0.3 is 0 Å². The first-order chi connectivity index (χ1) is 4.13. The van der Waals surface area contributed by atoms with Crippen LogP contribution in [0.25, 0.3) is 0 Å². The highest BCUT2D eigenvalue weighted by molar-refractivity contribution is 4.84. The van der Waals surface area contributed by atoms with E-state index in [0.29, 0.717) is 6.42 Å². The average molecular weight is 134 g/mol. The quantitative estimate of drug-likeness (QED) is 0.451. The summed E-state index contributed by atoms with van der Waals surface area (Å²) in [5.41, 5.74) is 6.79. The van der Waals surface area contributed by atoms with Crippen molar-refractivity contribution in [3.05, 3.63) is 0 Å².